The predicted molar refractivity (Wildman–Crippen MR) is 174 cm³/mol. The number of rotatable bonds is 16. The lowest BCUT2D eigenvalue weighted by molar-refractivity contribution is 0.161. The highest BCUT2D eigenvalue weighted by Crippen LogP contribution is 2.47. The van der Waals surface area contributed by atoms with E-state index in [9.17, 15) is 13.0 Å². The second-order valence-corrected chi connectivity index (χ2v) is 14.6. The second kappa shape index (κ2) is 15.9. The Hall–Kier alpha value is -2.90. The lowest BCUT2D eigenvalue weighted by atomic mass is 10.1. The summed E-state index contributed by atoms with van der Waals surface area (Å²) >= 11 is 0. The van der Waals surface area contributed by atoms with Gasteiger partial charge in [0.15, 0.2) is 0 Å². The second-order valence-electron chi connectivity index (χ2n) is 10.6. The van der Waals surface area contributed by atoms with E-state index in [0.717, 1.165) is 5.69 Å². The molecule has 1 saturated heterocycles. The fourth-order valence-electron chi connectivity index (χ4n) is 5.13. The molecule has 14 heteroatoms. The first-order valence-electron chi connectivity index (χ1n) is 15.0. The predicted octanol–water partition coefficient (Wildman–Crippen LogP) is 4.95. The highest BCUT2D eigenvalue weighted by Gasteiger charge is 2.34. The largest absolute Gasteiger partial charge is 0.340 e. The molecule has 2 heterocycles. The van der Waals surface area contributed by atoms with Gasteiger partial charge >= 0.3 is 7.60 Å². The van der Waals surface area contributed by atoms with E-state index < -0.39 is 17.6 Å². The number of benzene rings is 2. The van der Waals surface area contributed by atoms with Crippen LogP contribution in [0.5, 0.6) is 0 Å². The molecule has 0 radical (unpaired) electrons. The van der Waals surface area contributed by atoms with Crippen molar-refractivity contribution in [2.45, 2.75) is 44.6 Å². The Bertz CT molecular complexity index is 1470. The zero-order chi connectivity index (χ0) is 31.6. The van der Waals surface area contributed by atoms with E-state index >= 15 is 0 Å². The third kappa shape index (κ3) is 9.31. The number of hydrogen-bond donors (Lipinski definition) is 3. The van der Waals surface area contributed by atoms with Crippen molar-refractivity contribution >= 4 is 40.8 Å². The highest BCUT2D eigenvalue weighted by atomic mass is 32.2. The summed E-state index contributed by atoms with van der Waals surface area (Å²) in [5.41, 5.74) is 8.61. The van der Waals surface area contributed by atoms with Gasteiger partial charge in [0.25, 0.3) is 0 Å². The van der Waals surface area contributed by atoms with Crippen LogP contribution in [0.4, 0.5) is 23.1 Å². The van der Waals surface area contributed by atoms with Crippen LogP contribution in [0.2, 0.25) is 0 Å². The molecule has 240 valence electrons. The van der Waals surface area contributed by atoms with E-state index in [-0.39, 0.29) is 24.0 Å². The first-order valence-corrected chi connectivity index (χ1v) is 18.2. The van der Waals surface area contributed by atoms with Crippen LogP contribution in [0.15, 0.2) is 65.7 Å². The van der Waals surface area contributed by atoms with Crippen LogP contribution in [-0.2, 0) is 23.6 Å². The molecule has 44 heavy (non-hydrogen) atoms. The molecule has 4 N–H and O–H groups in total. The van der Waals surface area contributed by atoms with Gasteiger partial charge < -0.3 is 30.3 Å². The zero-order valence-corrected chi connectivity index (χ0v) is 27.4. The number of nitrogens with one attached hydrogen (secondary N) is 2. The molecule has 0 unspecified atom stereocenters. The zero-order valence-electron chi connectivity index (χ0n) is 25.7. The summed E-state index contributed by atoms with van der Waals surface area (Å²) in [6.07, 6.45) is 3.26. The molecule has 1 aliphatic rings. The number of sulfonamides is 1. The number of likely N-dealkylation sites (tertiary alicyclic amines) is 1. The normalized spacial score (nSPS) is 15.0. The average Bonchev–Trinajstić information content (AvgIpc) is 3.01. The van der Waals surface area contributed by atoms with Crippen molar-refractivity contribution in [3.05, 3.63) is 66.4 Å². The summed E-state index contributed by atoms with van der Waals surface area (Å²) in [4.78, 5) is 11.2. The van der Waals surface area contributed by atoms with Gasteiger partial charge in [0.2, 0.25) is 16.0 Å². The Balaban J connectivity index is 1.37. The quantitative estimate of drug-likeness (QED) is 0.181. The Kier molecular flexibility index (Phi) is 12.3. The van der Waals surface area contributed by atoms with Gasteiger partial charge in [0.05, 0.1) is 24.3 Å². The topological polar surface area (TPSA) is 152 Å². The van der Waals surface area contributed by atoms with Crippen molar-refractivity contribution in [3.8, 4) is 0 Å². The molecule has 2 aromatic carbocycles. The highest BCUT2D eigenvalue weighted by molar-refractivity contribution is 7.89. The molecule has 0 spiro atoms. The SMILES string of the molecule is CCOP(=O)(CCN1CCC(N(CCN)S(=O)(=O)c2ccc(Nc3nccc(Nc4ccc(C)cc4)n3)cc2)CC1)OCC. The summed E-state index contributed by atoms with van der Waals surface area (Å²) in [5, 5.41) is 6.40. The van der Waals surface area contributed by atoms with Gasteiger partial charge in [-0.3, -0.25) is 4.57 Å². The van der Waals surface area contributed by atoms with E-state index in [2.05, 4.69) is 25.5 Å². The van der Waals surface area contributed by atoms with Crippen molar-refractivity contribution in [2.24, 2.45) is 5.73 Å². The van der Waals surface area contributed by atoms with Gasteiger partial charge in [-0.25, -0.2) is 13.4 Å². The number of nitrogens with zero attached hydrogens (tertiary/aromatic N) is 4. The van der Waals surface area contributed by atoms with Gasteiger partial charge in [0.1, 0.15) is 5.82 Å². The van der Waals surface area contributed by atoms with E-state index in [0.29, 0.717) is 69.3 Å². The molecule has 0 amide bonds. The molecule has 0 atom stereocenters. The van der Waals surface area contributed by atoms with Gasteiger partial charge in [0, 0.05) is 43.2 Å². The molecule has 0 saturated carbocycles. The number of piperidine rings is 1. The van der Waals surface area contributed by atoms with Crippen LogP contribution in [0, 0.1) is 6.92 Å². The van der Waals surface area contributed by atoms with E-state index in [1.54, 1.807) is 50.4 Å². The molecule has 0 bridgehead atoms. The molecule has 3 aromatic rings. The van der Waals surface area contributed by atoms with Crippen molar-refractivity contribution in [3.63, 3.8) is 0 Å². The Labute approximate surface area is 260 Å². The molecule has 1 aromatic heterocycles. The van der Waals surface area contributed by atoms with Crippen molar-refractivity contribution < 1.29 is 22.0 Å². The van der Waals surface area contributed by atoms with Crippen LogP contribution in [0.3, 0.4) is 0 Å². The molecule has 12 nitrogen and oxygen atoms in total. The summed E-state index contributed by atoms with van der Waals surface area (Å²) in [6, 6.07) is 16.2. The summed E-state index contributed by atoms with van der Waals surface area (Å²) in [5.74, 6) is 1.01. The smallest absolute Gasteiger partial charge is 0.331 e. The Morgan fingerprint density at radius 1 is 0.977 bits per heavy atom. The Morgan fingerprint density at radius 2 is 1.59 bits per heavy atom. The number of hydrogen-bond acceptors (Lipinski definition) is 11. The van der Waals surface area contributed by atoms with Crippen molar-refractivity contribution in [1.29, 1.82) is 0 Å². The molecular weight excluding hydrogens is 601 g/mol. The monoisotopic (exact) mass is 645 g/mol. The minimum Gasteiger partial charge on any atom is -0.340 e. The summed E-state index contributed by atoms with van der Waals surface area (Å²) in [6.45, 7) is 8.66. The number of aromatic nitrogens is 2. The first kappa shape index (κ1) is 34.0. The van der Waals surface area contributed by atoms with Gasteiger partial charge in [-0.05, 0) is 89.2 Å². The summed E-state index contributed by atoms with van der Waals surface area (Å²) < 4.78 is 52.7. The van der Waals surface area contributed by atoms with Crippen LogP contribution >= 0.6 is 7.60 Å². The van der Waals surface area contributed by atoms with Crippen LogP contribution < -0.4 is 16.4 Å². The first-order chi connectivity index (χ1) is 21.2. The van der Waals surface area contributed by atoms with Gasteiger partial charge in [-0.1, -0.05) is 17.7 Å². The fraction of sp³-hybridized carbons (Fsp3) is 0.467. The number of nitrogens with two attached hydrogens (primary N) is 1. The lowest BCUT2D eigenvalue weighted by Gasteiger charge is -2.38. The third-order valence-corrected chi connectivity index (χ3v) is 11.4. The standard InChI is InChI=1S/C30H44N7O5PS/c1-4-41-43(38,42-5-2)23-22-36-19-15-27(16-20-36)37(21-17-31)44(39,40)28-12-10-26(11-13-28)34-30-32-18-14-29(35-30)33-25-8-6-24(3)7-9-25/h6-14,18,27H,4-5,15-17,19-23,31H2,1-3H3,(H2,32,33,34,35). The molecule has 1 aliphatic heterocycles. The van der Waals surface area contributed by atoms with Crippen molar-refractivity contribution in [1.82, 2.24) is 19.2 Å². The van der Waals surface area contributed by atoms with Crippen LogP contribution in [0.25, 0.3) is 0 Å². The molecule has 4 rings (SSSR count). The molecule has 0 aliphatic carbocycles. The molecule has 1 fully saturated rings. The maximum absolute atomic E-state index is 13.7. The summed E-state index contributed by atoms with van der Waals surface area (Å²) in [7, 11) is -6.91. The maximum Gasteiger partial charge on any atom is 0.331 e. The minimum atomic E-state index is -3.78. The van der Waals surface area contributed by atoms with Crippen molar-refractivity contribution in [2.75, 3.05) is 62.7 Å². The van der Waals surface area contributed by atoms with E-state index in [1.807, 2.05) is 31.2 Å². The Morgan fingerprint density at radius 3 is 2.20 bits per heavy atom. The van der Waals surface area contributed by atoms with E-state index in [1.165, 1.54) is 9.87 Å². The lowest BCUT2D eigenvalue weighted by Crippen LogP contribution is -2.49. The number of aryl methyl sites for hydroxylation is 1. The van der Waals surface area contributed by atoms with E-state index in [4.69, 9.17) is 14.8 Å². The van der Waals surface area contributed by atoms with Crippen LogP contribution in [-0.4, -0.2) is 85.7 Å². The van der Waals surface area contributed by atoms with Gasteiger partial charge in [-0.2, -0.15) is 9.29 Å². The molecular formula is C30H44N7O5PS. The van der Waals surface area contributed by atoms with Crippen LogP contribution in [0.1, 0.15) is 32.3 Å². The minimum absolute atomic E-state index is 0.180. The number of anilines is 4. The maximum atomic E-state index is 13.7. The van der Waals surface area contributed by atoms with Gasteiger partial charge in [-0.15, -0.1) is 0 Å². The fourth-order valence-corrected chi connectivity index (χ4v) is 8.48. The third-order valence-electron chi connectivity index (χ3n) is 7.35. The average molecular weight is 646 g/mol.